The summed E-state index contributed by atoms with van der Waals surface area (Å²) < 4.78 is 5.59. The molecule has 0 aromatic heterocycles. The zero-order valence-electron chi connectivity index (χ0n) is 18.1. The Morgan fingerprint density at radius 3 is 2.24 bits per heavy atom. The monoisotopic (exact) mass is 543 g/mol. The Labute approximate surface area is 216 Å². The predicted octanol–water partition coefficient (Wildman–Crippen LogP) is 6.06. The number of nitriles is 1. The largest absolute Gasteiger partial charge is 0.448 e. The van der Waals surface area contributed by atoms with Crippen LogP contribution in [-0.2, 0) is 4.79 Å². The van der Waals surface area contributed by atoms with Crippen molar-refractivity contribution in [3.63, 3.8) is 0 Å². The number of non-ortho nitro benzene ring substituents is 2. The quantitative estimate of drug-likeness (QED) is 0.152. The van der Waals surface area contributed by atoms with Crippen LogP contribution in [0.25, 0.3) is 6.08 Å². The van der Waals surface area contributed by atoms with Gasteiger partial charge < -0.3 is 10.1 Å². The molecule has 0 fully saturated rings. The van der Waals surface area contributed by atoms with Gasteiger partial charge in [0, 0.05) is 34.5 Å². The first-order valence-electron chi connectivity index (χ1n) is 9.77. The van der Waals surface area contributed by atoms with E-state index in [-0.39, 0.29) is 32.7 Å². The van der Waals surface area contributed by atoms with E-state index in [1.54, 1.807) is 6.07 Å². The number of benzene rings is 3. The molecular weight excluding hydrogens is 533 g/mol. The van der Waals surface area contributed by atoms with Gasteiger partial charge in [-0.2, -0.15) is 5.26 Å². The van der Waals surface area contributed by atoms with Gasteiger partial charge in [0.2, 0.25) is 5.75 Å². The van der Waals surface area contributed by atoms with E-state index in [1.807, 2.05) is 0 Å². The van der Waals surface area contributed by atoms with Crippen LogP contribution in [0.3, 0.4) is 0 Å². The Kier molecular flexibility index (Phi) is 7.98. The van der Waals surface area contributed by atoms with Gasteiger partial charge >= 0.3 is 5.69 Å². The molecule has 0 saturated carbocycles. The first kappa shape index (κ1) is 26.5. The van der Waals surface area contributed by atoms with Gasteiger partial charge in [0.05, 0.1) is 25.9 Å². The van der Waals surface area contributed by atoms with Gasteiger partial charge in [-0.1, -0.05) is 29.3 Å². The number of amides is 1. The maximum Gasteiger partial charge on any atom is 0.318 e. The molecule has 3 aromatic rings. The number of rotatable bonds is 8. The number of nitrogens with one attached hydrogen (secondary N) is 1. The number of halogens is 2. The van der Waals surface area contributed by atoms with E-state index in [0.29, 0.717) is 6.07 Å². The maximum atomic E-state index is 12.7. The third-order valence-corrected chi connectivity index (χ3v) is 5.08. The lowest BCUT2D eigenvalue weighted by Gasteiger charge is -2.12. The van der Waals surface area contributed by atoms with Gasteiger partial charge in [-0.3, -0.25) is 35.1 Å². The molecule has 13 nitrogen and oxygen atoms in total. The van der Waals surface area contributed by atoms with Crippen molar-refractivity contribution < 1.29 is 24.3 Å². The van der Waals surface area contributed by atoms with Gasteiger partial charge in [-0.15, -0.1) is 0 Å². The van der Waals surface area contributed by atoms with Gasteiger partial charge in [0.25, 0.3) is 17.3 Å². The fraction of sp³-hybridized carbons (Fsp3) is 0. The summed E-state index contributed by atoms with van der Waals surface area (Å²) in [6.07, 6.45) is 1.04. The number of anilines is 1. The van der Waals surface area contributed by atoms with Gasteiger partial charge in [0.15, 0.2) is 5.75 Å². The lowest BCUT2D eigenvalue weighted by atomic mass is 10.1. The predicted molar refractivity (Wildman–Crippen MR) is 132 cm³/mol. The number of carbonyl (C=O) groups excluding carboxylic acids is 1. The lowest BCUT2D eigenvalue weighted by molar-refractivity contribution is -0.394. The molecule has 0 saturated heterocycles. The SMILES string of the molecule is N#C/C(=C\c1cc(Cl)cc(Cl)c1Oc1ccc([N+](=O)[O-])cc1[N+](=O)[O-])C(=O)Nc1cccc([N+](=O)[O-])c1. The maximum absolute atomic E-state index is 12.7. The molecular formula is C22H11Cl2N5O8. The van der Waals surface area contributed by atoms with E-state index >= 15 is 0 Å². The molecule has 186 valence electrons. The van der Waals surface area contributed by atoms with E-state index in [9.17, 15) is 40.4 Å². The second kappa shape index (κ2) is 11.1. The minimum Gasteiger partial charge on any atom is -0.448 e. The summed E-state index contributed by atoms with van der Waals surface area (Å²) in [5.41, 5.74) is -2.06. The smallest absolute Gasteiger partial charge is 0.318 e. The van der Waals surface area contributed by atoms with Crippen molar-refractivity contribution in [3.8, 4) is 17.6 Å². The van der Waals surface area contributed by atoms with Crippen LogP contribution in [0.5, 0.6) is 11.5 Å². The normalized spacial score (nSPS) is 10.8. The highest BCUT2D eigenvalue weighted by atomic mass is 35.5. The molecule has 0 atom stereocenters. The molecule has 37 heavy (non-hydrogen) atoms. The Morgan fingerprint density at radius 1 is 0.946 bits per heavy atom. The number of nitrogens with zero attached hydrogens (tertiary/aromatic N) is 4. The highest BCUT2D eigenvalue weighted by Crippen LogP contribution is 2.41. The van der Waals surface area contributed by atoms with Gasteiger partial charge in [-0.05, 0) is 30.3 Å². The van der Waals surface area contributed by atoms with E-state index in [4.69, 9.17) is 27.9 Å². The zero-order valence-corrected chi connectivity index (χ0v) is 19.6. The van der Waals surface area contributed by atoms with Crippen molar-refractivity contribution in [1.29, 1.82) is 5.26 Å². The molecule has 0 radical (unpaired) electrons. The fourth-order valence-electron chi connectivity index (χ4n) is 2.95. The Morgan fingerprint density at radius 2 is 1.62 bits per heavy atom. The molecule has 0 unspecified atom stereocenters. The molecule has 0 aliphatic rings. The fourth-order valence-corrected chi connectivity index (χ4v) is 3.50. The van der Waals surface area contributed by atoms with E-state index in [0.717, 1.165) is 24.3 Å². The number of hydrogen-bond donors (Lipinski definition) is 1. The minimum absolute atomic E-state index is 0.0316. The molecule has 0 spiro atoms. The van der Waals surface area contributed by atoms with Crippen LogP contribution < -0.4 is 10.1 Å². The Balaban J connectivity index is 2.03. The third kappa shape index (κ3) is 6.34. The Hall–Kier alpha value is -5.06. The summed E-state index contributed by atoms with van der Waals surface area (Å²) in [6.45, 7) is 0. The number of carbonyl (C=O) groups is 1. The van der Waals surface area contributed by atoms with Crippen molar-refractivity contribution >= 4 is 57.9 Å². The summed E-state index contributed by atoms with van der Waals surface area (Å²) >= 11 is 12.3. The van der Waals surface area contributed by atoms with Crippen molar-refractivity contribution in [2.24, 2.45) is 0 Å². The lowest BCUT2D eigenvalue weighted by Crippen LogP contribution is -2.13. The third-order valence-electron chi connectivity index (χ3n) is 4.58. The van der Waals surface area contributed by atoms with E-state index in [2.05, 4.69) is 5.32 Å². The number of nitro benzene ring substituents is 3. The molecule has 15 heteroatoms. The molecule has 0 bridgehead atoms. The topological polar surface area (TPSA) is 192 Å². The molecule has 0 heterocycles. The standard InChI is InChI=1S/C22H11Cl2N5O8/c23-14-7-12(6-13(11-25)22(30)26-15-2-1-3-16(9-15)27(31)32)21(18(24)8-14)37-20-5-4-17(28(33)34)10-19(20)29(35)36/h1-10H,(H,26,30)/b13-6+. The number of nitro groups is 3. The molecule has 3 rings (SSSR count). The summed E-state index contributed by atoms with van der Waals surface area (Å²) in [6, 6.07) is 11.9. The first-order chi connectivity index (χ1) is 17.5. The summed E-state index contributed by atoms with van der Waals surface area (Å²) in [5.74, 6) is -1.58. The van der Waals surface area contributed by atoms with Crippen LogP contribution in [0.2, 0.25) is 10.0 Å². The molecule has 1 N–H and O–H groups in total. The van der Waals surface area contributed by atoms with Crippen LogP contribution in [0.4, 0.5) is 22.7 Å². The highest BCUT2D eigenvalue weighted by Gasteiger charge is 2.23. The van der Waals surface area contributed by atoms with Crippen LogP contribution >= 0.6 is 23.2 Å². The van der Waals surface area contributed by atoms with E-state index < -0.39 is 43.4 Å². The number of hydrogen-bond acceptors (Lipinski definition) is 9. The summed E-state index contributed by atoms with van der Waals surface area (Å²) in [4.78, 5) is 43.7. The van der Waals surface area contributed by atoms with Crippen molar-refractivity contribution in [2.75, 3.05) is 5.32 Å². The minimum atomic E-state index is -0.939. The summed E-state index contributed by atoms with van der Waals surface area (Å²) in [7, 11) is 0. The van der Waals surface area contributed by atoms with Crippen LogP contribution in [-0.4, -0.2) is 20.7 Å². The first-order valence-corrected chi connectivity index (χ1v) is 10.5. The molecule has 0 aliphatic heterocycles. The average Bonchev–Trinajstić information content (AvgIpc) is 2.84. The van der Waals surface area contributed by atoms with Crippen molar-refractivity contribution in [2.45, 2.75) is 0 Å². The molecule has 3 aromatic carbocycles. The second-order valence-electron chi connectivity index (χ2n) is 7.01. The zero-order chi connectivity index (χ0) is 27.3. The summed E-state index contributed by atoms with van der Waals surface area (Å²) in [5, 5.41) is 45.2. The molecule has 0 aliphatic carbocycles. The van der Waals surface area contributed by atoms with Gasteiger partial charge in [-0.25, -0.2) is 0 Å². The second-order valence-corrected chi connectivity index (χ2v) is 7.85. The van der Waals surface area contributed by atoms with Crippen LogP contribution in [0, 0.1) is 41.7 Å². The Bertz CT molecular complexity index is 1530. The van der Waals surface area contributed by atoms with Gasteiger partial charge in [0.1, 0.15) is 11.6 Å². The van der Waals surface area contributed by atoms with Crippen molar-refractivity contribution in [1.82, 2.24) is 0 Å². The van der Waals surface area contributed by atoms with Crippen LogP contribution in [0.1, 0.15) is 5.56 Å². The average molecular weight is 544 g/mol. The van der Waals surface area contributed by atoms with E-state index in [1.165, 1.54) is 30.3 Å². The van der Waals surface area contributed by atoms with Crippen LogP contribution in [0.15, 0.2) is 60.2 Å². The highest BCUT2D eigenvalue weighted by molar-refractivity contribution is 6.36. The number of ether oxygens (including phenoxy) is 1. The molecule has 1 amide bonds. The van der Waals surface area contributed by atoms with Crippen molar-refractivity contribution in [3.05, 3.63) is 106 Å².